The van der Waals surface area contributed by atoms with Gasteiger partial charge in [-0.05, 0) is 25.0 Å². The Morgan fingerprint density at radius 3 is 3.00 bits per heavy atom. The van der Waals surface area contributed by atoms with Crippen molar-refractivity contribution in [2.75, 3.05) is 0 Å². The normalized spacial score (nSPS) is 19.8. The summed E-state index contributed by atoms with van der Waals surface area (Å²) < 4.78 is 13.3. The minimum atomic E-state index is -0.183. The molecule has 0 bridgehead atoms. The van der Waals surface area contributed by atoms with Crippen LogP contribution in [0.5, 0.6) is 5.75 Å². The fourth-order valence-corrected chi connectivity index (χ4v) is 1.53. The summed E-state index contributed by atoms with van der Waals surface area (Å²) in [4.78, 5) is 5.10. The van der Waals surface area contributed by atoms with E-state index in [0.717, 1.165) is 11.1 Å². The zero-order valence-corrected chi connectivity index (χ0v) is 7.73. The second-order valence-electron chi connectivity index (χ2n) is 3.28. The summed E-state index contributed by atoms with van der Waals surface area (Å²) in [7, 11) is 0. The fraction of sp³-hybridized carbons (Fsp3) is 0.400. The smallest absolute Gasteiger partial charge is 0.155 e. The van der Waals surface area contributed by atoms with Gasteiger partial charge in [-0.2, -0.15) is 0 Å². The summed E-state index contributed by atoms with van der Waals surface area (Å²) in [5, 5.41) is 0. The molecule has 1 N–H and O–H groups in total. The number of hydroxylamine groups is 1. The number of aryl methyl sites for hydroxylation is 1. The maximum Gasteiger partial charge on any atom is 0.155 e. The monoisotopic (exact) mass is 181 g/mol. The summed E-state index contributed by atoms with van der Waals surface area (Å²) in [6.07, 6.45) is 0.714. The molecular formula is C10H12FNO. The van der Waals surface area contributed by atoms with Crippen LogP contribution in [0.2, 0.25) is 0 Å². The minimum absolute atomic E-state index is 0.154. The highest BCUT2D eigenvalue weighted by atomic mass is 19.1. The molecule has 1 atom stereocenters. The summed E-state index contributed by atoms with van der Waals surface area (Å²) >= 11 is 0. The molecular weight excluding hydrogens is 169 g/mol. The number of halogens is 1. The number of fused-ring (bicyclic) bond motifs is 1. The lowest BCUT2D eigenvalue weighted by Crippen LogP contribution is -2.12. The zero-order valence-electron chi connectivity index (χ0n) is 7.73. The molecule has 1 aliphatic rings. The molecule has 1 aromatic carbocycles. The predicted molar refractivity (Wildman–Crippen MR) is 48.0 cm³/mol. The first-order chi connectivity index (χ1) is 6.22. The van der Waals surface area contributed by atoms with Crippen LogP contribution in [0.25, 0.3) is 0 Å². The fourth-order valence-electron chi connectivity index (χ4n) is 1.53. The predicted octanol–water partition coefficient (Wildman–Crippen LogP) is 2.35. The third-order valence-electron chi connectivity index (χ3n) is 2.37. The van der Waals surface area contributed by atoms with Crippen LogP contribution in [0.4, 0.5) is 4.39 Å². The molecule has 1 aliphatic heterocycles. The van der Waals surface area contributed by atoms with E-state index in [4.69, 9.17) is 4.84 Å². The second-order valence-corrected chi connectivity index (χ2v) is 3.28. The lowest BCUT2D eigenvalue weighted by Gasteiger charge is -2.03. The molecule has 0 fully saturated rings. The largest absolute Gasteiger partial charge is 0.408 e. The topological polar surface area (TPSA) is 21.3 Å². The molecule has 3 heteroatoms. The second kappa shape index (κ2) is 3.00. The Morgan fingerprint density at radius 1 is 1.54 bits per heavy atom. The minimum Gasteiger partial charge on any atom is -0.408 e. The van der Waals surface area contributed by atoms with E-state index in [1.54, 1.807) is 0 Å². The Morgan fingerprint density at radius 2 is 2.31 bits per heavy atom. The summed E-state index contributed by atoms with van der Waals surface area (Å²) in [6.45, 7) is 3.93. The molecule has 2 rings (SSSR count). The third-order valence-corrected chi connectivity index (χ3v) is 2.37. The van der Waals surface area contributed by atoms with Crippen molar-refractivity contribution in [3.63, 3.8) is 0 Å². The van der Waals surface area contributed by atoms with Gasteiger partial charge in [-0.1, -0.05) is 6.92 Å². The van der Waals surface area contributed by atoms with Crippen molar-refractivity contribution in [3.8, 4) is 5.75 Å². The first kappa shape index (κ1) is 8.51. The van der Waals surface area contributed by atoms with Gasteiger partial charge in [-0.25, -0.2) is 4.39 Å². The number of benzene rings is 1. The van der Waals surface area contributed by atoms with Crippen molar-refractivity contribution in [2.24, 2.45) is 0 Å². The lowest BCUT2D eigenvalue weighted by atomic mass is 10.0. The standard InChI is InChI=1S/C10H12FNO/c1-3-7-4-8-6(2)12-13-10(8)5-9(7)11/h4-6,12H,3H2,1-2H3. The molecule has 2 nitrogen and oxygen atoms in total. The molecule has 1 aromatic rings. The highest BCUT2D eigenvalue weighted by Gasteiger charge is 2.21. The number of rotatable bonds is 1. The van der Waals surface area contributed by atoms with Crippen LogP contribution in [-0.2, 0) is 6.42 Å². The van der Waals surface area contributed by atoms with Gasteiger partial charge < -0.3 is 4.84 Å². The van der Waals surface area contributed by atoms with Crippen LogP contribution in [0.15, 0.2) is 12.1 Å². The summed E-state index contributed by atoms with van der Waals surface area (Å²) in [5.74, 6) is 0.430. The molecule has 0 aromatic heterocycles. The lowest BCUT2D eigenvalue weighted by molar-refractivity contribution is 0.200. The first-order valence-electron chi connectivity index (χ1n) is 4.47. The van der Waals surface area contributed by atoms with Gasteiger partial charge >= 0.3 is 0 Å². The molecule has 0 amide bonds. The SMILES string of the molecule is CCc1cc2c(cc1F)ONC2C. The van der Waals surface area contributed by atoms with Gasteiger partial charge in [0, 0.05) is 11.6 Å². The number of hydrogen-bond donors (Lipinski definition) is 1. The summed E-state index contributed by atoms with van der Waals surface area (Å²) in [6, 6.07) is 3.47. The van der Waals surface area contributed by atoms with E-state index in [2.05, 4.69) is 5.48 Å². The molecule has 1 unspecified atom stereocenters. The van der Waals surface area contributed by atoms with Gasteiger partial charge in [0.25, 0.3) is 0 Å². The highest BCUT2D eigenvalue weighted by Crippen LogP contribution is 2.32. The average molecular weight is 181 g/mol. The van der Waals surface area contributed by atoms with Gasteiger partial charge in [0.15, 0.2) is 5.75 Å². The maximum atomic E-state index is 13.3. The number of hydrogen-bond acceptors (Lipinski definition) is 2. The Bertz CT molecular complexity index is 338. The van der Waals surface area contributed by atoms with Crippen molar-refractivity contribution >= 4 is 0 Å². The van der Waals surface area contributed by atoms with Crippen molar-refractivity contribution in [2.45, 2.75) is 26.3 Å². The third kappa shape index (κ3) is 1.29. The Balaban J connectivity index is 2.51. The van der Waals surface area contributed by atoms with Crippen molar-refractivity contribution in [3.05, 3.63) is 29.1 Å². The average Bonchev–Trinajstić information content (AvgIpc) is 2.46. The van der Waals surface area contributed by atoms with Crippen LogP contribution in [0.3, 0.4) is 0 Å². The van der Waals surface area contributed by atoms with Crippen LogP contribution >= 0.6 is 0 Å². The van der Waals surface area contributed by atoms with Gasteiger partial charge in [-0.15, -0.1) is 5.48 Å². The van der Waals surface area contributed by atoms with E-state index in [1.165, 1.54) is 6.07 Å². The van der Waals surface area contributed by atoms with E-state index < -0.39 is 0 Å². The van der Waals surface area contributed by atoms with Crippen LogP contribution < -0.4 is 10.3 Å². The van der Waals surface area contributed by atoms with E-state index in [-0.39, 0.29) is 11.9 Å². The van der Waals surface area contributed by atoms with Gasteiger partial charge in [-0.3, -0.25) is 0 Å². The van der Waals surface area contributed by atoms with E-state index >= 15 is 0 Å². The molecule has 1 heterocycles. The van der Waals surface area contributed by atoms with E-state index in [1.807, 2.05) is 19.9 Å². The summed E-state index contributed by atoms with van der Waals surface area (Å²) in [5.41, 5.74) is 4.58. The van der Waals surface area contributed by atoms with Crippen LogP contribution in [0, 0.1) is 5.82 Å². The molecule has 0 radical (unpaired) electrons. The Kier molecular flexibility index (Phi) is 1.96. The van der Waals surface area contributed by atoms with Crippen LogP contribution in [-0.4, -0.2) is 0 Å². The molecule has 0 spiro atoms. The highest BCUT2D eigenvalue weighted by molar-refractivity contribution is 5.42. The number of nitrogens with one attached hydrogen (secondary N) is 1. The van der Waals surface area contributed by atoms with E-state index in [0.29, 0.717) is 12.2 Å². The zero-order chi connectivity index (χ0) is 9.42. The quantitative estimate of drug-likeness (QED) is 0.718. The van der Waals surface area contributed by atoms with Gasteiger partial charge in [0.1, 0.15) is 5.82 Å². The molecule has 13 heavy (non-hydrogen) atoms. The molecule has 0 saturated carbocycles. The van der Waals surface area contributed by atoms with Gasteiger partial charge in [0.05, 0.1) is 6.04 Å². The first-order valence-corrected chi connectivity index (χ1v) is 4.47. The van der Waals surface area contributed by atoms with Crippen molar-refractivity contribution < 1.29 is 9.23 Å². The Hall–Kier alpha value is -1.09. The molecule has 0 saturated heterocycles. The van der Waals surface area contributed by atoms with Gasteiger partial charge in [0.2, 0.25) is 0 Å². The molecule has 70 valence electrons. The maximum absolute atomic E-state index is 13.3. The van der Waals surface area contributed by atoms with Crippen LogP contribution in [0.1, 0.15) is 31.0 Å². The van der Waals surface area contributed by atoms with E-state index in [9.17, 15) is 4.39 Å². The van der Waals surface area contributed by atoms with Crippen molar-refractivity contribution in [1.29, 1.82) is 0 Å². The molecule has 0 aliphatic carbocycles. The Labute approximate surface area is 76.7 Å². The van der Waals surface area contributed by atoms with Crippen molar-refractivity contribution in [1.82, 2.24) is 5.48 Å².